The van der Waals surface area contributed by atoms with Crippen molar-refractivity contribution in [3.8, 4) is 34.5 Å². The number of rotatable bonds is 10. The van der Waals surface area contributed by atoms with Crippen LogP contribution in [-0.2, 0) is 21.1 Å². The van der Waals surface area contributed by atoms with E-state index in [9.17, 15) is 0 Å². The van der Waals surface area contributed by atoms with Crippen molar-refractivity contribution in [3.05, 3.63) is 158 Å². The van der Waals surface area contributed by atoms with Gasteiger partial charge in [0.25, 0.3) is 0 Å². The second-order valence-corrected chi connectivity index (χ2v) is 17.1. The summed E-state index contributed by atoms with van der Waals surface area (Å²) < 4.78 is 26.5. The minimum absolute atomic E-state index is 0.0640. The first-order valence-corrected chi connectivity index (χ1v) is 17.9. The zero-order valence-electron chi connectivity index (χ0n) is 21.3. The van der Waals surface area contributed by atoms with Gasteiger partial charge in [-0.3, -0.25) is 0 Å². The molecule has 6 rings (SSSR count). The molecule has 0 N–H and O–H groups in total. The molecule has 0 radical (unpaired) electrons. The quantitative estimate of drug-likeness (QED) is 0.184. The van der Waals surface area contributed by atoms with Gasteiger partial charge >= 0.3 is 236 Å². The first kappa shape index (κ1) is 25.2. The topological polar surface area (TPSA) is 36.9 Å². The van der Waals surface area contributed by atoms with Crippen molar-refractivity contribution in [2.24, 2.45) is 0 Å². The first-order chi connectivity index (χ1) is 19.3. The van der Waals surface area contributed by atoms with Crippen LogP contribution in [0.1, 0.15) is 0 Å². The van der Waals surface area contributed by atoms with Crippen molar-refractivity contribution >= 4 is 0 Å². The van der Waals surface area contributed by atoms with E-state index < -0.39 is 21.1 Å². The third-order valence-electron chi connectivity index (χ3n) is 6.55. The molecule has 4 nitrogen and oxygen atoms in total. The van der Waals surface area contributed by atoms with Crippen molar-refractivity contribution in [3.63, 3.8) is 0 Å². The van der Waals surface area contributed by atoms with Crippen LogP contribution in [0, 0.1) is 0 Å². The Bertz CT molecular complexity index is 1380. The molecule has 4 aromatic rings. The van der Waals surface area contributed by atoms with E-state index in [1.54, 1.807) is 0 Å². The molecule has 39 heavy (non-hydrogen) atoms. The summed E-state index contributed by atoms with van der Waals surface area (Å²) in [5.41, 5.74) is 0. The Morgan fingerprint density at radius 2 is 0.744 bits per heavy atom. The van der Waals surface area contributed by atoms with Gasteiger partial charge in [0.1, 0.15) is 0 Å². The molecule has 0 atom stereocenters. The molecular formula is C34H28O4Zr. The number of allylic oxidation sites excluding steroid dienone is 8. The normalized spacial score (nSPS) is 14.6. The number of para-hydroxylation sites is 2. The second-order valence-electron chi connectivity index (χ2n) is 9.30. The van der Waals surface area contributed by atoms with Gasteiger partial charge in [0, 0.05) is 0 Å². The third kappa shape index (κ3) is 6.00. The Kier molecular flexibility index (Phi) is 7.60. The Morgan fingerprint density at radius 3 is 1.15 bits per heavy atom. The molecule has 0 heterocycles. The summed E-state index contributed by atoms with van der Waals surface area (Å²) in [6.45, 7) is 0. The van der Waals surface area contributed by atoms with Crippen molar-refractivity contribution in [2.45, 2.75) is 7.25 Å². The Hall–Kier alpha value is -4.08. The molecule has 0 unspecified atom stereocenters. The number of hydrogen-bond donors (Lipinski definition) is 0. The Labute approximate surface area is 234 Å². The van der Waals surface area contributed by atoms with Gasteiger partial charge in [-0.15, -0.1) is 0 Å². The molecule has 0 spiro atoms. The first-order valence-electron chi connectivity index (χ1n) is 13.0. The zero-order valence-corrected chi connectivity index (χ0v) is 23.8. The maximum atomic E-state index is 7.07. The van der Waals surface area contributed by atoms with E-state index >= 15 is 0 Å². The van der Waals surface area contributed by atoms with Crippen LogP contribution >= 0.6 is 0 Å². The van der Waals surface area contributed by atoms with Crippen LogP contribution in [0.3, 0.4) is 0 Å². The van der Waals surface area contributed by atoms with Crippen molar-refractivity contribution in [1.82, 2.24) is 0 Å². The molecule has 0 saturated heterocycles. The summed E-state index contributed by atoms with van der Waals surface area (Å²) in [5, 5.41) is 0. The monoisotopic (exact) mass is 590 g/mol. The van der Waals surface area contributed by atoms with Crippen LogP contribution < -0.4 is 15.1 Å². The number of ether oxygens (including phenoxy) is 2. The molecule has 4 aromatic carbocycles. The fraction of sp³-hybridized carbons (Fsp3) is 0.0588. The molecule has 0 aromatic heterocycles. The predicted molar refractivity (Wildman–Crippen MR) is 151 cm³/mol. The molecule has 192 valence electrons. The molecule has 0 saturated carbocycles. The van der Waals surface area contributed by atoms with E-state index in [1.165, 1.54) is 0 Å². The predicted octanol–water partition coefficient (Wildman–Crippen LogP) is 9.54. The van der Waals surface area contributed by atoms with Gasteiger partial charge < -0.3 is 0 Å². The van der Waals surface area contributed by atoms with Gasteiger partial charge in [-0.1, -0.05) is 0 Å². The van der Waals surface area contributed by atoms with E-state index in [1.807, 2.05) is 109 Å². The van der Waals surface area contributed by atoms with Gasteiger partial charge in [-0.2, -0.15) is 0 Å². The molecule has 0 amide bonds. The van der Waals surface area contributed by atoms with Gasteiger partial charge in [0.15, 0.2) is 0 Å². The van der Waals surface area contributed by atoms with E-state index in [2.05, 4.69) is 48.6 Å². The summed E-state index contributed by atoms with van der Waals surface area (Å²) in [6.07, 6.45) is 17.1. The molecule has 2 aliphatic carbocycles. The Morgan fingerprint density at radius 1 is 0.385 bits per heavy atom. The van der Waals surface area contributed by atoms with Crippen LogP contribution in [0.2, 0.25) is 7.25 Å². The third-order valence-corrected chi connectivity index (χ3v) is 15.7. The summed E-state index contributed by atoms with van der Waals surface area (Å²) in [5.74, 6) is 4.45. The fourth-order valence-corrected chi connectivity index (χ4v) is 13.4. The molecule has 0 aliphatic heterocycles. The van der Waals surface area contributed by atoms with E-state index in [4.69, 9.17) is 15.1 Å². The van der Waals surface area contributed by atoms with Gasteiger partial charge in [0.2, 0.25) is 0 Å². The Balaban J connectivity index is 1.34. The SMILES string of the molecule is C1=C[CH]([Zr]([O]c2cccc(Oc3ccccc3)c2)([O]c2cccc(Oc3ccccc3)c2)[CH]2C=CC=C2)C=C1. The van der Waals surface area contributed by atoms with Crippen LogP contribution in [0.5, 0.6) is 34.5 Å². The van der Waals surface area contributed by atoms with Gasteiger partial charge in [-0.25, -0.2) is 0 Å². The number of benzene rings is 4. The van der Waals surface area contributed by atoms with E-state index in [0.717, 1.165) is 23.0 Å². The molecule has 5 heteroatoms. The van der Waals surface area contributed by atoms with Gasteiger partial charge in [0.05, 0.1) is 0 Å². The van der Waals surface area contributed by atoms with Crippen molar-refractivity contribution in [2.75, 3.05) is 0 Å². The standard InChI is InChI=1S/2C12H10O2.2C5H5.Zr/c2*13-10-5-4-8-12(9-10)14-11-6-2-1-3-7-11;2*1-2-4-5-3-1;/h2*1-9,13H;2*1-5H;/q;;;;+2/p-2. The molecule has 0 fully saturated rings. The second kappa shape index (κ2) is 11.8. The minimum atomic E-state index is -4.13. The zero-order chi connectivity index (χ0) is 26.3. The number of hydrogen-bond acceptors (Lipinski definition) is 4. The molecule has 2 aliphatic rings. The van der Waals surface area contributed by atoms with Crippen molar-refractivity contribution < 1.29 is 36.2 Å². The summed E-state index contributed by atoms with van der Waals surface area (Å²) >= 11 is -4.13. The van der Waals surface area contributed by atoms with Crippen LogP contribution in [0.15, 0.2) is 158 Å². The van der Waals surface area contributed by atoms with Crippen molar-refractivity contribution in [1.29, 1.82) is 0 Å². The molecular weight excluding hydrogens is 564 g/mol. The van der Waals surface area contributed by atoms with Gasteiger partial charge in [-0.05, 0) is 0 Å². The maximum absolute atomic E-state index is 7.07. The fourth-order valence-electron chi connectivity index (χ4n) is 4.74. The summed E-state index contributed by atoms with van der Waals surface area (Å²) in [4.78, 5) is 0. The van der Waals surface area contributed by atoms with E-state index in [0.29, 0.717) is 11.5 Å². The molecule has 0 bridgehead atoms. The van der Waals surface area contributed by atoms with Crippen LogP contribution in [0.25, 0.3) is 0 Å². The summed E-state index contributed by atoms with van der Waals surface area (Å²) in [7, 11) is 0. The average Bonchev–Trinajstić information content (AvgIpc) is 3.70. The van der Waals surface area contributed by atoms with E-state index in [-0.39, 0.29) is 7.25 Å². The average molecular weight is 592 g/mol. The van der Waals surface area contributed by atoms with Crippen LogP contribution in [-0.4, -0.2) is 0 Å². The summed E-state index contributed by atoms with van der Waals surface area (Å²) in [6, 6.07) is 35.2. The van der Waals surface area contributed by atoms with Crippen LogP contribution in [0.4, 0.5) is 0 Å².